The Bertz CT molecular complexity index is 1230. The third-order valence-electron chi connectivity index (χ3n) is 4.96. The lowest BCUT2D eigenvalue weighted by Crippen LogP contribution is -2.32. The molecule has 3 aromatic rings. The van der Waals surface area contributed by atoms with E-state index in [-0.39, 0.29) is 36.6 Å². The standard InChI is InChI=1S/C25H20N2O6S/c28-24-23(34-25(29)26(24)14-15-32-20-7-2-1-3-8-20)16-18-10-12-21(13-11-18)33-17-19-6-4-5-9-22(19)27(30)31/h1-13,16H,14-15,17H2/b23-16-. The van der Waals surface area contributed by atoms with Crippen molar-refractivity contribution >= 4 is 34.7 Å². The van der Waals surface area contributed by atoms with Gasteiger partial charge in [-0.05, 0) is 53.7 Å². The number of nitro benzene ring substituents is 1. The zero-order valence-electron chi connectivity index (χ0n) is 18.0. The van der Waals surface area contributed by atoms with E-state index >= 15 is 0 Å². The highest BCUT2D eigenvalue weighted by atomic mass is 32.2. The molecule has 0 saturated carbocycles. The highest BCUT2D eigenvalue weighted by Crippen LogP contribution is 2.32. The Morgan fingerprint density at radius 1 is 0.882 bits per heavy atom. The highest BCUT2D eigenvalue weighted by Gasteiger charge is 2.34. The first kappa shape index (κ1) is 23.1. The number of rotatable bonds is 9. The lowest BCUT2D eigenvalue weighted by atomic mass is 10.2. The minimum absolute atomic E-state index is 0.00372. The van der Waals surface area contributed by atoms with Gasteiger partial charge in [-0.15, -0.1) is 0 Å². The number of thioether (sulfide) groups is 1. The molecule has 0 aromatic heterocycles. The Morgan fingerprint density at radius 2 is 1.56 bits per heavy atom. The lowest BCUT2D eigenvalue weighted by Gasteiger charge is -2.13. The first-order chi connectivity index (χ1) is 16.5. The predicted octanol–water partition coefficient (Wildman–Crippen LogP) is 5.29. The molecule has 0 bridgehead atoms. The number of carbonyl (C=O) groups excluding carboxylic acids is 2. The molecule has 4 rings (SSSR count). The first-order valence-corrected chi connectivity index (χ1v) is 11.2. The van der Waals surface area contributed by atoms with Gasteiger partial charge in [0.15, 0.2) is 0 Å². The van der Waals surface area contributed by atoms with Crippen molar-refractivity contribution in [3.8, 4) is 11.5 Å². The predicted molar refractivity (Wildman–Crippen MR) is 128 cm³/mol. The van der Waals surface area contributed by atoms with Crippen molar-refractivity contribution in [1.29, 1.82) is 0 Å². The molecule has 8 nitrogen and oxygen atoms in total. The molecule has 0 unspecified atom stereocenters. The van der Waals surface area contributed by atoms with Crippen molar-refractivity contribution in [2.75, 3.05) is 13.2 Å². The molecule has 34 heavy (non-hydrogen) atoms. The summed E-state index contributed by atoms with van der Waals surface area (Å²) in [5, 5.41) is 10.8. The number of ether oxygens (including phenoxy) is 2. The number of hydrogen-bond acceptors (Lipinski definition) is 7. The molecule has 3 aromatic carbocycles. The zero-order valence-corrected chi connectivity index (χ0v) is 18.8. The normalized spacial score (nSPS) is 14.5. The van der Waals surface area contributed by atoms with E-state index in [9.17, 15) is 19.7 Å². The quantitative estimate of drug-likeness (QED) is 0.235. The molecular formula is C25H20N2O6S. The third-order valence-corrected chi connectivity index (χ3v) is 5.87. The molecule has 1 aliphatic rings. The number of nitro groups is 1. The maximum atomic E-state index is 12.7. The van der Waals surface area contributed by atoms with E-state index < -0.39 is 4.92 Å². The van der Waals surface area contributed by atoms with Crippen LogP contribution in [0.1, 0.15) is 11.1 Å². The number of imide groups is 1. The van der Waals surface area contributed by atoms with Gasteiger partial charge in [0.2, 0.25) is 0 Å². The van der Waals surface area contributed by atoms with Crippen LogP contribution in [-0.4, -0.2) is 34.1 Å². The largest absolute Gasteiger partial charge is 0.492 e. The van der Waals surface area contributed by atoms with Crippen LogP contribution < -0.4 is 9.47 Å². The monoisotopic (exact) mass is 476 g/mol. The summed E-state index contributed by atoms with van der Waals surface area (Å²) >= 11 is 0.887. The summed E-state index contributed by atoms with van der Waals surface area (Å²) in [6, 6.07) is 22.5. The molecular weight excluding hydrogens is 456 g/mol. The molecule has 0 spiro atoms. The molecule has 0 atom stereocenters. The van der Waals surface area contributed by atoms with E-state index in [1.165, 1.54) is 11.0 Å². The average molecular weight is 477 g/mol. The lowest BCUT2D eigenvalue weighted by molar-refractivity contribution is -0.385. The summed E-state index contributed by atoms with van der Waals surface area (Å²) in [5.41, 5.74) is 1.20. The van der Waals surface area contributed by atoms with E-state index in [0.29, 0.717) is 22.0 Å². The molecule has 1 fully saturated rings. The van der Waals surface area contributed by atoms with Gasteiger partial charge >= 0.3 is 0 Å². The Balaban J connectivity index is 1.34. The Kier molecular flexibility index (Phi) is 7.24. The van der Waals surface area contributed by atoms with Crippen LogP contribution in [0.5, 0.6) is 11.5 Å². The van der Waals surface area contributed by atoms with Crippen LogP contribution in [0.3, 0.4) is 0 Å². The topological polar surface area (TPSA) is 99.0 Å². The molecule has 1 aliphatic heterocycles. The minimum Gasteiger partial charge on any atom is -0.492 e. The maximum absolute atomic E-state index is 12.7. The number of amides is 2. The number of benzene rings is 3. The molecule has 0 aliphatic carbocycles. The van der Waals surface area contributed by atoms with Crippen molar-refractivity contribution in [1.82, 2.24) is 4.90 Å². The van der Waals surface area contributed by atoms with Gasteiger partial charge in [-0.3, -0.25) is 24.6 Å². The molecule has 9 heteroatoms. The van der Waals surface area contributed by atoms with Crippen molar-refractivity contribution < 1.29 is 24.0 Å². The molecule has 0 radical (unpaired) electrons. The van der Waals surface area contributed by atoms with Gasteiger partial charge in [0.1, 0.15) is 24.7 Å². The van der Waals surface area contributed by atoms with Crippen LogP contribution in [0.25, 0.3) is 6.08 Å². The minimum atomic E-state index is -0.442. The van der Waals surface area contributed by atoms with Gasteiger partial charge in [0.25, 0.3) is 16.8 Å². The van der Waals surface area contributed by atoms with E-state index in [4.69, 9.17) is 9.47 Å². The summed E-state index contributed by atoms with van der Waals surface area (Å²) in [5.74, 6) is 0.846. The third kappa shape index (κ3) is 5.62. The Labute approximate surface area is 199 Å². The van der Waals surface area contributed by atoms with Crippen molar-refractivity contribution in [3.63, 3.8) is 0 Å². The Morgan fingerprint density at radius 3 is 2.29 bits per heavy atom. The molecule has 1 saturated heterocycles. The molecule has 2 amide bonds. The van der Waals surface area contributed by atoms with Crippen molar-refractivity contribution in [2.24, 2.45) is 0 Å². The zero-order chi connectivity index (χ0) is 23.9. The van der Waals surface area contributed by atoms with E-state index in [0.717, 1.165) is 17.3 Å². The van der Waals surface area contributed by atoms with Gasteiger partial charge < -0.3 is 9.47 Å². The van der Waals surface area contributed by atoms with Gasteiger partial charge in [0.05, 0.1) is 21.9 Å². The second kappa shape index (κ2) is 10.7. The fraction of sp³-hybridized carbons (Fsp3) is 0.120. The highest BCUT2D eigenvalue weighted by molar-refractivity contribution is 8.18. The van der Waals surface area contributed by atoms with Gasteiger partial charge in [-0.1, -0.05) is 42.5 Å². The molecule has 0 N–H and O–H groups in total. The SMILES string of the molecule is O=C1S/C(=C\c2ccc(OCc3ccccc3[N+](=O)[O-])cc2)C(=O)N1CCOc1ccccc1. The van der Waals surface area contributed by atoms with Crippen LogP contribution in [0.15, 0.2) is 83.8 Å². The van der Waals surface area contributed by atoms with Gasteiger partial charge in [0, 0.05) is 6.07 Å². The summed E-state index contributed by atoms with van der Waals surface area (Å²) in [6.45, 7) is 0.427. The van der Waals surface area contributed by atoms with Crippen LogP contribution in [-0.2, 0) is 11.4 Å². The van der Waals surface area contributed by atoms with Crippen LogP contribution in [0.2, 0.25) is 0 Å². The maximum Gasteiger partial charge on any atom is 0.293 e. The van der Waals surface area contributed by atoms with Crippen molar-refractivity contribution in [2.45, 2.75) is 6.61 Å². The fourth-order valence-electron chi connectivity index (χ4n) is 3.25. The summed E-state index contributed by atoms with van der Waals surface area (Å²) in [7, 11) is 0. The van der Waals surface area contributed by atoms with Crippen LogP contribution >= 0.6 is 11.8 Å². The number of carbonyl (C=O) groups is 2. The van der Waals surface area contributed by atoms with E-state index in [2.05, 4.69) is 0 Å². The Hall–Kier alpha value is -4.11. The van der Waals surface area contributed by atoms with Gasteiger partial charge in [-0.25, -0.2) is 0 Å². The number of hydrogen-bond donors (Lipinski definition) is 0. The molecule has 172 valence electrons. The number of nitrogens with zero attached hydrogens (tertiary/aromatic N) is 2. The smallest absolute Gasteiger partial charge is 0.293 e. The van der Waals surface area contributed by atoms with E-state index in [1.807, 2.05) is 30.3 Å². The van der Waals surface area contributed by atoms with Crippen molar-refractivity contribution in [3.05, 3.63) is 105 Å². The van der Waals surface area contributed by atoms with Crippen LogP contribution in [0.4, 0.5) is 10.5 Å². The van der Waals surface area contributed by atoms with Crippen LogP contribution in [0, 0.1) is 10.1 Å². The second-order valence-corrected chi connectivity index (χ2v) is 8.23. The summed E-state index contributed by atoms with van der Waals surface area (Å²) in [6.07, 6.45) is 1.65. The summed E-state index contributed by atoms with van der Waals surface area (Å²) < 4.78 is 11.3. The number of para-hydroxylation sites is 2. The average Bonchev–Trinajstić information content (AvgIpc) is 3.11. The second-order valence-electron chi connectivity index (χ2n) is 7.24. The fourth-order valence-corrected chi connectivity index (χ4v) is 4.11. The first-order valence-electron chi connectivity index (χ1n) is 10.4. The molecule has 1 heterocycles. The van der Waals surface area contributed by atoms with E-state index in [1.54, 1.807) is 48.5 Å². The summed E-state index contributed by atoms with van der Waals surface area (Å²) in [4.78, 5) is 37.1. The van der Waals surface area contributed by atoms with Gasteiger partial charge in [-0.2, -0.15) is 0 Å².